The van der Waals surface area contributed by atoms with Gasteiger partial charge in [0.1, 0.15) is 16.8 Å². The van der Waals surface area contributed by atoms with Gasteiger partial charge in [-0.3, -0.25) is 0 Å². The highest BCUT2D eigenvalue weighted by molar-refractivity contribution is 7.91. The van der Waals surface area contributed by atoms with Gasteiger partial charge in [0.2, 0.25) is 0 Å². The highest BCUT2D eigenvalue weighted by atomic mass is 35.5. The highest BCUT2D eigenvalue weighted by Crippen LogP contribution is 2.18. The second-order valence-electron chi connectivity index (χ2n) is 4.31. The zero-order chi connectivity index (χ0) is 13.2. The molecule has 0 unspecified atom stereocenters. The Morgan fingerprint density at radius 1 is 1.33 bits per heavy atom. The fourth-order valence-electron chi connectivity index (χ4n) is 1.94. The van der Waals surface area contributed by atoms with E-state index in [0.717, 1.165) is 5.82 Å². The number of aryl methyl sites for hydroxylation is 1. The molecule has 0 aromatic carbocycles. The van der Waals surface area contributed by atoms with Gasteiger partial charge in [-0.2, -0.15) is 0 Å². The van der Waals surface area contributed by atoms with Crippen molar-refractivity contribution in [2.75, 3.05) is 29.5 Å². The molecule has 0 atom stereocenters. The molecule has 1 aliphatic heterocycles. The summed E-state index contributed by atoms with van der Waals surface area (Å²) in [4.78, 5) is 10.5. The van der Waals surface area contributed by atoms with Gasteiger partial charge in [-0.05, 0) is 6.42 Å². The normalized spacial score (nSPS) is 19.6. The molecule has 2 rings (SSSR count). The van der Waals surface area contributed by atoms with Gasteiger partial charge >= 0.3 is 0 Å². The fraction of sp³-hybridized carbons (Fsp3) is 0.636. The second kappa shape index (κ2) is 5.40. The van der Waals surface area contributed by atoms with Crippen LogP contribution in [0.15, 0.2) is 6.07 Å². The molecule has 0 amide bonds. The maximum absolute atomic E-state index is 11.6. The van der Waals surface area contributed by atoms with E-state index in [1.165, 1.54) is 0 Å². The molecule has 1 aliphatic rings. The first-order chi connectivity index (χ1) is 8.50. The summed E-state index contributed by atoms with van der Waals surface area (Å²) < 4.78 is 23.1. The first kappa shape index (κ1) is 13.5. The summed E-state index contributed by atoms with van der Waals surface area (Å²) in [5.41, 5.74) is 0. The van der Waals surface area contributed by atoms with Crippen LogP contribution in [0.4, 0.5) is 5.82 Å². The number of nitrogens with zero attached hydrogens (tertiary/aromatic N) is 3. The Morgan fingerprint density at radius 2 is 2.11 bits per heavy atom. The van der Waals surface area contributed by atoms with Gasteiger partial charge in [-0.1, -0.05) is 18.5 Å². The highest BCUT2D eigenvalue weighted by Gasteiger charge is 2.20. The minimum Gasteiger partial charge on any atom is -0.355 e. The summed E-state index contributed by atoms with van der Waals surface area (Å²) in [5, 5.41) is 0.406. The predicted octanol–water partition coefficient (Wildman–Crippen LogP) is 1.32. The summed E-state index contributed by atoms with van der Waals surface area (Å²) in [6.45, 7) is 3.12. The van der Waals surface area contributed by atoms with Gasteiger partial charge in [-0.25, -0.2) is 18.4 Å². The molecule has 1 saturated heterocycles. The van der Waals surface area contributed by atoms with Crippen molar-refractivity contribution < 1.29 is 8.42 Å². The molecule has 1 aromatic rings. The quantitative estimate of drug-likeness (QED) is 0.768. The summed E-state index contributed by atoms with van der Waals surface area (Å²) in [6, 6.07) is 1.69. The number of anilines is 1. The fourth-order valence-corrected chi connectivity index (χ4v) is 3.41. The lowest BCUT2D eigenvalue weighted by molar-refractivity contribution is 0.597. The molecule has 0 radical (unpaired) electrons. The Balaban J connectivity index is 2.23. The average Bonchev–Trinajstić information content (AvgIpc) is 2.49. The van der Waals surface area contributed by atoms with E-state index in [1.807, 2.05) is 11.8 Å². The van der Waals surface area contributed by atoms with E-state index >= 15 is 0 Å². The Kier molecular flexibility index (Phi) is 4.07. The van der Waals surface area contributed by atoms with Crippen LogP contribution in [0, 0.1) is 0 Å². The largest absolute Gasteiger partial charge is 0.355 e. The monoisotopic (exact) mass is 289 g/mol. The van der Waals surface area contributed by atoms with Gasteiger partial charge in [-0.15, -0.1) is 0 Å². The number of sulfone groups is 1. The molecule has 5 nitrogen and oxygen atoms in total. The molecule has 0 saturated carbocycles. The molecular weight excluding hydrogens is 274 g/mol. The Morgan fingerprint density at radius 3 is 2.83 bits per heavy atom. The molecule has 1 aromatic heterocycles. The topological polar surface area (TPSA) is 63.2 Å². The van der Waals surface area contributed by atoms with Crippen LogP contribution in [0.25, 0.3) is 0 Å². The van der Waals surface area contributed by atoms with Gasteiger partial charge in [0.05, 0.1) is 11.5 Å². The minimum absolute atomic E-state index is 0.177. The van der Waals surface area contributed by atoms with Crippen LogP contribution in [0.5, 0.6) is 0 Å². The van der Waals surface area contributed by atoms with E-state index in [2.05, 4.69) is 9.97 Å². The van der Waals surface area contributed by atoms with Crippen LogP contribution < -0.4 is 4.90 Å². The predicted molar refractivity (Wildman–Crippen MR) is 71.9 cm³/mol. The molecule has 100 valence electrons. The van der Waals surface area contributed by atoms with Crippen molar-refractivity contribution in [2.45, 2.75) is 19.8 Å². The Bertz CT molecular complexity index is 533. The molecule has 0 aliphatic carbocycles. The van der Waals surface area contributed by atoms with Crippen molar-refractivity contribution in [1.82, 2.24) is 9.97 Å². The van der Waals surface area contributed by atoms with E-state index in [4.69, 9.17) is 11.6 Å². The number of aromatic nitrogens is 2. The Hall–Kier alpha value is -0.880. The number of hydrogen-bond acceptors (Lipinski definition) is 5. The van der Waals surface area contributed by atoms with Gasteiger partial charge in [0, 0.05) is 25.6 Å². The maximum atomic E-state index is 11.6. The summed E-state index contributed by atoms with van der Waals surface area (Å²) >= 11 is 5.95. The van der Waals surface area contributed by atoms with E-state index in [-0.39, 0.29) is 11.5 Å². The van der Waals surface area contributed by atoms with E-state index < -0.39 is 9.84 Å². The lowest BCUT2D eigenvalue weighted by atomic mass is 10.3. The van der Waals surface area contributed by atoms with Crippen molar-refractivity contribution in [3.8, 4) is 0 Å². The zero-order valence-corrected chi connectivity index (χ0v) is 11.8. The molecule has 18 heavy (non-hydrogen) atoms. The van der Waals surface area contributed by atoms with Crippen LogP contribution >= 0.6 is 11.6 Å². The number of hydrogen-bond donors (Lipinski definition) is 0. The average molecular weight is 290 g/mol. The van der Waals surface area contributed by atoms with E-state index in [9.17, 15) is 8.42 Å². The lowest BCUT2D eigenvalue weighted by Crippen LogP contribution is -2.28. The SMILES string of the molecule is CCc1nc(Cl)cc(N2CCCS(=O)(=O)CC2)n1. The third-order valence-corrected chi connectivity index (χ3v) is 4.83. The molecule has 1 fully saturated rings. The molecule has 0 bridgehead atoms. The van der Waals surface area contributed by atoms with E-state index in [0.29, 0.717) is 36.9 Å². The van der Waals surface area contributed by atoms with Gasteiger partial charge in [0.15, 0.2) is 9.84 Å². The molecule has 0 spiro atoms. The minimum atomic E-state index is -2.90. The van der Waals surface area contributed by atoms with Crippen LogP contribution in [-0.4, -0.2) is 43.0 Å². The lowest BCUT2D eigenvalue weighted by Gasteiger charge is -2.21. The maximum Gasteiger partial charge on any atom is 0.152 e. The van der Waals surface area contributed by atoms with Crippen molar-refractivity contribution in [3.63, 3.8) is 0 Å². The van der Waals surface area contributed by atoms with Gasteiger partial charge in [0.25, 0.3) is 0 Å². The number of rotatable bonds is 2. The Labute approximate surface area is 112 Å². The van der Waals surface area contributed by atoms with Crippen LogP contribution in [-0.2, 0) is 16.3 Å². The number of halogens is 1. The summed E-state index contributed by atoms with van der Waals surface area (Å²) in [5.74, 6) is 1.84. The van der Waals surface area contributed by atoms with E-state index in [1.54, 1.807) is 6.07 Å². The summed E-state index contributed by atoms with van der Waals surface area (Å²) in [6.07, 6.45) is 1.34. The van der Waals surface area contributed by atoms with Crippen LogP contribution in [0.3, 0.4) is 0 Å². The second-order valence-corrected chi connectivity index (χ2v) is 7.00. The smallest absolute Gasteiger partial charge is 0.152 e. The third kappa shape index (κ3) is 3.32. The van der Waals surface area contributed by atoms with Gasteiger partial charge < -0.3 is 4.90 Å². The van der Waals surface area contributed by atoms with Crippen molar-refractivity contribution in [3.05, 3.63) is 17.0 Å². The first-order valence-electron chi connectivity index (χ1n) is 5.99. The molecule has 7 heteroatoms. The van der Waals surface area contributed by atoms with Crippen LogP contribution in [0.1, 0.15) is 19.2 Å². The third-order valence-electron chi connectivity index (χ3n) is 2.92. The van der Waals surface area contributed by atoms with Crippen molar-refractivity contribution >= 4 is 27.3 Å². The van der Waals surface area contributed by atoms with Crippen molar-refractivity contribution in [1.29, 1.82) is 0 Å². The standard InChI is InChI=1S/C11H16ClN3O2S/c1-2-10-13-9(12)8-11(14-10)15-4-3-6-18(16,17)7-5-15/h8H,2-7H2,1H3. The van der Waals surface area contributed by atoms with Crippen LogP contribution in [0.2, 0.25) is 5.15 Å². The molecular formula is C11H16ClN3O2S. The molecule has 0 N–H and O–H groups in total. The zero-order valence-electron chi connectivity index (χ0n) is 10.3. The molecule has 2 heterocycles. The summed E-state index contributed by atoms with van der Waals surface area (Å²) in [7, 11) is -2.90. The first-order valence-corrected chi connectivity index (χ1v) is 8.19. The van der Waals surface area contributed by atoms with Crippen molar-refractivity contribution in [2.24, 2.45) is 0 Å².